The summed E-state index contributed by atoms with van der Waals surface area (Å²) in [7, 11) is 0. The zero-order valence-corrected chi connectivity index (χ0v) is 17.6. The predicted molar refractivity (Wildman–Crippen MR) is 88.1 cm³/mol. The predicted octanol–water partition coefficient (Wildman–Crippen LogP) is -6.05. The Morgan fingerprint density at radius 1 is 0.769 bits per heavy atom. The Labute approximate surface area is 174 Å². The third kappa shape index (κ3) is 6.35. The monoisotopic (exact) mass is 486 g/mol. The Hall–Kier alpha value is -1.48. The van der Waals surface area contributed by atoms with Crippen LogP contribution in [-0.2, 0) is 26.2 Å². The summed E-state index contributed by atoms with van der Waals surface area (Å²) in [6.45, 7) is 3.16. The van der Waals surface area contributed by atoms with Crippen LogP contribution in [0.1, 0.15) is 11.1 Å². The number of nitrogens with zero attached hydrogens (tertiary/aromatic N) is 4. The molecule has 0 radical (unpaired) electrons. The summed E-state index contributed by atoms with van der Waals surface area (Å²) >= 11 is 0. The Morgan fingerprint density at radius 2 is 1.23 bits per heavy atom. The minimum atomic E-state index is 0. The number of hydrogen-bond donors (Lipinski definition) is 2. The van der Waals surface area contributed by atoms with E-state index in [1.807, 2.05) is 46.6 Å². The molecule has 0 aliphatic heterocycles. The molecule has 0 saturated heterocycles. The summed E-state index contributed by atoms with van der Waals surface area (Å²) in [5.74, 6) is 0. The Kier molecular flexibility index (Phi) is 9.79. The molecule has 0 aliphatic carbocycles. The van der Waals surface area contributed by atoms with Crippen molar-refractivity contribution < 1.29 is 53.3 Å². The molecule has 0 unspecified atom stereocenters. The molecule has 0 amide bonds. The molecule has 6 nitrogen and oxygen atoms in total. The van der Waals surface area contributed by atoms with E-state index in [0.717, 1.165) is 13.1 Å². The summed E-state index contributed by atoms with van der Waals surface area (Å²) in [6.07, 6.45) is 12.0. The van der Waals surface area contributed by atoms with Crippen molar-refractivity contribution in [1.82, 2.24) is 9.13 Å². The minimum absolute atomic E-state index is 0. The highest BCUT2D eigenvalue weighted by atomic mass is 79.9. The first kappa shape index (κ1) is 22.6. The van der Waals surface area contributed by atoms with Gasteiger partial charge in [-0.2, -0.15) is 0 Å². The number of aliphatic hydroxyl groups is 2. The average molecular weight is 488 g/mol. The summed E-state index contributed by atoms with van der Waals surface area (Å²) in [6, 6.07) is 8.55. The molecule has 3 rings (SSSR count). The topological polar surface area (TPSA) is 58.1 Å². The lowest BCUT2D eigenvalue weighted by molar-refractivity contribution is -0.688. The van der Waals surface area contributed by atoms with Crippen molar-refractivity contribution in [2.45, 2.75) is 26.2 Å². The van der Waals surface area contributed by atoms with Crippen LogP contribution in [0.2, 0.25) is 0 Å². The van der Waals surface area contributed by atoms with Crippen molar-refractivity contribution in [2.24, 2.45) is 0 Å². The summed E-state index contributed by atoms with van der Waals surface area (Å²) in [5.41, 5.74) is 2.49. The third-order valence-corrected chi connectivity index (χ3v) is 3.93. The van der Waals surface area contributed by atoms with E-state index in [1.54, 1.807) is 0 Å². The lowest BCUT2D eigenvalue weighted by atomic mass is 10.1. The van der Waals surface area contributed by atoms with Crippen LogP contribution in [-0.4, -0.2) is 32.6 Å². The average Bonchev–Trinajstić information content (AvgIpc) is 3.18. The molecule has 0 spiro atoms. The van der Waals surface area contributed by atoms with E-state index < -0.39 is 0 Å². The molecule has 26 heavy (non-hydrogen) atoms. The third-order valence-electron chi connectivity index (χ3n) is 3.93. The second-order valence-electron chi connectivity index (χ2n) is 5.91. The smallest absolute Gasteiger partial charge is 0.244 e. The van der Waals surface area contributed by atoms with Crippen molar-refractivity contribution in [3.05, 3.63) is 72.8 Å². The maximum atomic E-state index is 8.98. The van der Waals surface area contributed by atoms with Crippen molar-refractivity contribution >= 4 is 0 Å². The van der Waals surface area contributed by atoms with Gasteiger partial charge in [-0.3, -0.25) is 0 Å². The molecule has 0 saturated carbocycles. The molecule has 142 valence electrons. The van der Waals surface area contributed by atoms with Gasteiger partial charge in [-0.1, -0.05) is 18.2 Å². The van der Waals surface area contributed by atoms with E-state index in [0.29, 0.717) is 13.1 Å². The van der Waals surface area contributed by atoms with Gasteiger partial charge in [0.2, 0.25) is 12.7 Å². The van der Waals surface area contributed by atoms with Gasteiger partial charge in [0, 0.05) is 0 Å². The van der Waals surface area contributed by atoms with Crippen molar-refractivity contribution in [1.29, 1.82) is 0 Å². The van der Waals surface area contributed by atoms with Crippen LogP contribution in [0, 0.1) is 0 Å². The first-order chi connectivity index (χ1) is 11.8. The molecule has 2 aromatic heterocycles. The van der Waals surface area contributed by atoms with Crippen LogP contribution < -0.4 is 43.1 Å². The fraction of sp³-hybridized carbons (Fsp3) is 0.333. The zero-order valence-electron chi connectivity index (χ0n) is 14.5. The second-order valence-corrected chi connectivity index (χ2v) is 5.91. The van der Waals surface area contributed by atoms with Crippen LogP contribution in [0.4, 0.5) is 0 Å². The van der Waals surface area contributed by atoms with Crippen LogP contribution in [0.5, 0.6) is 0 Å². The summed E-state index contributed by atoms with van der Waals surface area (Å²) in [5, 5.41) is 18.0. The van der Waals surface area contributed by atoms with Gasteiger partial charge < -0.3 is 44.2 Å². The van der Waals surface area contributed by atoms with Crippen LogP contribution >= 0.6 is 0 Å². The fourth-order valence-corrected chi connectivity index (χ4v) is 2.81. The van der Waals surface area contributed by atoms with Crippen molar-refractivity contribution in [3.8, 4) is 0 Å². The molecular weight excluding hydrogens is 464 g/mol. The van der Waals surface area contributed by atoms with Gasteiger partial charge in [0.25, 0.3) is 0 Å². The maximum absolute atomic E-state index is 8.98. The normalized spacial score (nSPS) is 10.2. The van der Waals surface area contributed by atoms with Crippen LogP contribution in [0.25, 0.3) is 0 Å². The molecule has 0 fully saturated rings. The van der Waals surface area contributed by atoms with Gasteiger partial charge in [0.15, 0.2) is 0 Å². The van der Waals surface area contributed by atoms with E-state index in [2.05, 4.69) is 33.4 Å². The molecule has 3 aromatic rings. The molecule has 1 aromatic carbocycles. The number of rotatable bonds is 8. The minimum Gasteiger partial charge on any atom is -1.00 e. The highest BCUT2D eigenvalue weighted by Gasteiger charge is 2.07. The lowest BCUT2D eigenvalue weighted by Gasteiger charge is -2.02. The number of halogens is 2. The number of benzene rings is 1. The van der Waals surface area contributed by atoms with Crippen molar-refractivity contribution in [2.75, 3.05) is 13.2 Å². The molecule has 0 bridgehead atoms. The van der Waals surface area contributed by atoms with E-state index in [1.165, 1.54) is 11.1 Å². The Morgan fingerprint density at radius 3 is 1.65 bits per heavy atom. The van der Waals surface area contributed by atoms with Gasteiger partial charge in [-0.05, 0) is 17.2 Å². The number of imidazole rings is 2. The van der Waals surface area contributed by atoms with E-state index in [9.17, 15) is 0 Å². The lowest BCUT2D eigenvalue weighted by Crippen LogP contribution is -3.00. The van der Waals surface area contributed by atoms with Crippen LogP contribution in [0.3, 0.4) is 0 Å². The fourth-order valence-electron chi connectivity index (χ4n) is 2.81. The van der Waals surface area contributed by atoms with Gasteiger partial charge >= 0.3 is 0 Å². The molecule has 2 heterocycles. The van der Waals surface area contributed by atoms with E-state index in [-0.39, 0.29) is 47.2 Å². The number of aromatic nitrogens is 4. The molecular formula is C18H24Br2N4O2. The highest BCUT2D eigenvalue weighted by molar-refractivity contribution is 5.22. The van der Waals surface area contributed by atoms with Gasteiger partial charge in [0.05, 0.1) is 13.2 Å². The standard InChI is InChI=1S/C18H24N4O2.2BrH/c23-10-8-19-4-6-21(15-19)13-17-2-1-3-18(12-17)14-22-7-5-20(16-22)9-11-24;;/h1-7,12,15-16,23-24H,8-11,13-14H2;2*1H/q+2;;/p-2. The van der Waals surface area contributed by atoms with Gasteiger partial charge in [-0.25, -0.2) is 18.3 Å². The van der Waals surface area contributed by atoms with E-state index >= 15 is 0 Å². The molecule has 2 N–H and O–H groups in total. The van der Waals surface area contributed by atoms with E-state index in [4.69, 9.17) is 10.2 Å². The highest BCUT2D eigenvalue weighted by Crippen LogP contribution is 2.05. The number of hydrogen-bond acceptors (Lipinski definition) is 2. The largest absolute Gasteiger partial charge is 1.00 e. The first-order valence-corrected chi connectivity index (χ1v) is 8.16. The Balaban J connectivity index is 0.00000169. The Bertz CT molecular complexity index is 727. The molecule has 0 atom stereocenters. The first-order valence-electron chi connectivity index (χ1n) is 8.16. The SMILES string of the molecule is OCCn1cc[n+](Cc2cccc(C[n+]3ccn(CCO)c3)c2)c1.[Br-].[Br-]. The number of aliphatic hydroxyl groups excluding tert-OH is 2. The van der Waals surface area contributed by atoms with Gasteiger partial charge in [-0.15, -0.1) is 0 Å². The quantitative estimate of drug-likeness (QED) is 0.311. The summed E-state index contributed by atoms with van der Waals surface area (Å²) < 4.78 is 8.17. The second kappa shape index (κ2) is 11.3. The zero-order chi connectivity index (χ0) is 16.8. The van der Waals surface area contributed by atoms with Gasteiger partial charge in [0.1, 0.15) is 51.0 Å². The molecule has 8 heteroatoms. The van der Waals surface area contributed by atoms with Crippen LogP contribution in [0.15, 0.2) is 61.7 Å². The molecule has 0 aliphatic rings. The maximum Gasteiger partial charge on any atom is 0.244 e. The van der Waals surface area contributed by atoms with Crippen molar-refractivity contribution in [3.63, 3.8) is 0 Å². The summed E-state index contributed by atoms with van der Waals surface area (Å²) in [4.78, 5) is 0.